The van der Waals surface area contributed by atoms with Crippen molar-refractivity contribution in [3.05, 3.63) is 59.7 Å². The first-order chi connectivity index (χ1) is 10.5. The molecule has 1 amide bonds. The molecule has 2 aromatic rings. The lowest BCUT2D eigenvalue weighted by atomic mass is 10.1. The average Bonchev–Trinajstić information content (AvgIpc) is 2.49. The Morgan fingerprint density at radius 1 is 1.05 bits per heavy atom. The van der Waals surface area contributed by atoms with Crippen molar-refractivity contribution in [1.82, 2.24) is 0 Å². The normalized spacial score (nSPS) is 10.1. The molecule has 0 atom stereocenters. The fourth-order valence-electron chi connectivity index (χ4n) is 1.79. The number of ketones is 1. The third-order valence-corrected chi connectivity index (χ3v) is 2.95. The van der Waals surface area contributed by atoms with E-state index in [-0.39, 0.29) is 18.0 Å². The summed E-state index contributed by atoms with van der Waals surface area (Å²) in [6, 6.07) is 9.41. The van der Waals surface area contributed by atoms with Crippen LogP contribution >= 0.6 is 0 Å². The van der Waals surface area contributed by atoms with E-state index in [1.54, 1.807) is 24.3 Å². The fraction of sp³-hybridized carbons (Fsp3) is 0.125. The molecule has 0 unspecified atom stereocenters. The van der Waals surface area contributed by atoms with Crippen molar-refractivity contribution in [3.8, 4) is 0 Å². The molecule has 4 nitrogen and oxygen atoms in total. The third kappa shape index (κ3) is 4.12. The zero-order valence-corrected chi connectivity index (χ0v) is 11.8. The van der Waals surface area contributed by atoms with E-state index in [9.17, 15) is 18.4 Å². The molecule has 0 aliphatic carbocycles. The van der Waals surface area contributed by atoms with Crippen LogP contribution in [0.3, 0.4) is 0 Å². The molecule has 0 spiro atoms. The molecule has 22 heavy (non-hydrogen) atoms. The number of anilines is 2. The van der Waals surface area contributed by atoms with Crippen LogP contribution in [0.4, 0.5) is 20.2 Å². The van der Waals surface area contributed by atoms with E-state index in [0.29, 0.717) is 11.3 Å². The second-order valence-corrected chi connectivity index (χ2v) is 4.66. The first kappa shape index (κ1) is 15.6. The van der Waals surface area contributed by atoms with Crippen molar-refractivity contribution < 1.29 is 18.4 Å². The Bertz CT molecular complexity index is 700. The van der Waals surface area contributed by atoms with Crippen molar-refractivity contribution in [2.75, 3.05) is 17.2 Å². The summed E-state index contributed by atoms with van der Waals surface area (Å²) in [5.74, 6) is -1.91. The largest absolute Gasteiger partial charge is 0.376 e. The van der Waals surface area contributed by atoms with Crippen LogP contribution in [-0.2, 0) is 4.79 Å². The summed E-state index contributed by atoms with van der Waals surface area (Å²) in [7, 11) is 0. The SMILES string of the molecule is CC(=O)c1ccc(NCC(=O)Nc2cc(F)ccc2F)cc1. The van der Waals surface area contributed by atoms with Gasteiger partial charge in [-0.3, -0.25) is 9.59 Å². The second-order valence-electron chi connectivity index (χ2n) is 4.66. The number of rotatable bonds is 5. The van der Waals surface area contributed by atoms with Gasteiger partial charge in [-0.15, -0.1) is 0 Å². The Balaban J connectivity index is 1.92. The molecule has 0 saturated heterocycles. The van der Waals surface area contributed by atoms with E-state index >= 15 is 0 Å². The highest BCUT2D eigenvalue weighted by Gasteiger charge is 2.08. The van der Waals surface area contributed by atoms with E-state index in [1.807, 2.05) is 0 Å². The van der Waals surface area contributed by atoms with Gasteiger partial charge in [-0.2, -0.15) is 0 Å². The minimum atomic E-state index is -0.708. The summed E-state index contributed by atoms with van der Waals surface area (Å²) in [4.78, 5) is 22.8. The molecule has 114 valence electrons. The fourth-order valence-corrected chi connectivity index (χ4v) is 1.79. The predicted octanol–water partition coefficient (Wildman–Crippen LogP) is 3.22. The average molecular weight is 304 g/mol. The number of nitrogens with one attached hydrogen (secondary N) is 2. The molecule has 2 N–H and O–H groups in total. The molecule has 0 aliphatic rings. The summed E-state index contributed by atoms with van der Waals surface area (Å²) in [6.07, 6.45) is 0. The maximum atomic E-state index is 13.4. The van der Waals surface area contributed by atoms with Crippen molar-refractivity contribution >= 4 is 23.1 Å². The van der Waals surface area contributed by atoms with Crippen LogP contribution in [0.5, 0.6) is 0 Å². The molecule has 0 bridgehead atoms. The van der Waals surface area contributed by atoms with Crippen molar-refractivity contribution in [1.29, 1.82) is 0 Å². The molecule has 2 rings (SSSR count). The Labute approximate surface area is 126 Å². The number of carbonyl (C=O) groups is 2. The molecule has 6 heteroatoms. The lowest BCUT2D eigenvalue weighted by Crippen LogP contribution is -2.22. The van der Waals surface area contributed by atoms with Gasteiger partial charge in [-0.1, -0.05) is 0 Å². The van der Waals surface area contributed by atoms with E-state index in [4.69, 9.17) is 0 Å². The van der Waals surface area contributed by atoms with E-state index < -0.39 is 17.5 Å². The minimum Gasteiger partial charge on any atom is -0.376 e. The smallest absolute Gasteiger partial charge is 0.243 e. The zero-order valence-electron chi connectivity index (χ0n) is 11.8. The molecular weight excluding hydrogens is 290 g/mol. The van der Waals surface area contributed by atoms with Crippen LogP contribution in [0.2, 0.25) is 0 Å². The Hall–Kier alpha value is -2.76. The first-order valence-electron chi connectivity index (χ1n) is 6.55. The molecular formula is C16H14F2N2O2. The van der Waals surface area contributed by atoms with Crippen LogP contribution in [0.1, 0.15) is 17.3 Å². The number of carbonyl (C=O) groups excluding carboxylic acids is 2. The highest BCUT2D eigenvalue weighted by atomic mass is 19.1. The lowest BCUT2D eigenvalue weighted by Gasteiger charge is -2.09. The van der Waals surface area contributed by atoms with E-state index in [2.05, 4.69) is 10.6 Å². The summed E-state index contributed by atoms with van der Waals surface area (Å²) in [5.41, 5.74) is 0.996. The molecule has 0 fully saturated rings. The van der Waals surface area contributed by atoms with Gasteiger partial charge in [0.25, 0.3) is 0 Å². The summed E-state index contributed by atoms with van der Waals surface area (Å²) in [6.45, 7) is 1.35. The second kappa shape index (κ2) is 6.80. The van der Waals surface area contributed by atoms with Gasteiger partial charge in [0, 0.05) is 17.3 Å². The third-order valence-electron chi connectivity index (χ3n) is 2.95. The van der Waals surface area contributed by atoms with Gasteiger partial charge in [0.15, 0.2) is 5.78 Å². The Kier molecular flexibility index (Phi) is 4.83. The van der Waals surface area contributed by atoms with Crippen molar-refractivity contribution in [2.24, 2.45) is 0 Å². The molecule has 0 heterocycles. The maximum absolute atomic E-state index is 13.4. The first-order valence-corrected chi connectivity index (χ1v) is 6.55. The molecule has 0 aliphatic heterocycles. The zero-order chi connectivity index (χ0) is 16.1. The van der Waals surface area contributed by atoms with Gasteiger partial charge in [-0.25, -0.2) is 8.78 Å². The molecule has 0 radical (unpaired) electrons. The Morgan fingerprint density at radius 2 is 1.73 bits per heavy atom. The van der Waals surface area contributed by atoms with Crippen LogP contribution in [-0.4, -0.2) is 18.2 Å². The van der Waals surface area contributed by atoms with Gasteiger partial charge in [0.2, 0.25) is 5.91 Å². The van der Waals surface area contributed by atoms with Crippen LogP contribution < -0.4 is 10.6 Å². The highest BCUT2D eigenvalue weighted by Crippen LogP contribution is 2.15. The number of halogens is 2. The predicted molar refractivity (Wildman–Crippen MR) is 79.9 cm³/mol. The summed E-state index contributed by atoms with van der Waals surface area (Å²) < 4.78 is 26.4. The molecule has 2 aromatic carbocycles. The van der Waals surface area contributed by atoms with Gasteiger partial charge in [0.05, 0.1) is 12.2 Å². The van der Waals surface area contributed by atoms with Crippen molar-refractivity contribution in [3.63, 3.8) is 0 Å². The highest BCUT2D eigenvalue weighted by molar-refractivity contribution is 5.95. The van der Waals surface area contributed by atoms with Gasteiger partial charge < -0.3 is 10.6 Å². The number of amides is 1. The molecule has 0 aromatic heterocycles. The lowest BCUT2D eigenvalue weighted by molar-refractivity contribution is -0.114. The van der Waals surface area contributed by atoms with Crippen LogP contribution in [0.25, 0.3) is 0 Å². The number of hydrogen-bond acceptors (Lipinski definition) is 3. The maximum Gasteiger partial charge on any atom is 0.243 e. The minimum absolute atomic E-state index is 0.0501. The van der Waals surface area contributed by atoms with Crippen LogP contribution in [0, 0.1) is 11.6 Å². The van der Waals surface area contributed by atoms with Gasteiger partial charge >= 0.3 is 0 Å². The monoisotopic (exact) mass is 304 g/mol. The number of Topliss-reactive ketones (excluding diaryl/α,β-unsaturated/α-hetero) is 1. The van der Waals surface area contributed by atoms with Gasteiger partial charge in [0.1, 0.15) is 11.6 Å². The molecule has 0 saturated carbocycles. The summed E-state index contributed by atoms with van der Waals surface area (Å²) in [5, 5.41) is 5.11. The number of benzene rings is 2. The van der Waals surface area contributed by atoms with Crippen LogP contribution in [0.15, 0.2) is 42.5 Å². The Morgan fingerprint density at radius 3 is 2.36 bits per heavy atom. The van der Waals surface area contributed by atoms with E-state index in [1.165, 1.54) is 6.92 Å². The van der Waals surface area contributed by atoms with Gasteiger partial charge in [-0.05, 0) is 43.3 Å². The summed E-state index contributed by atoms with van der Waals surface area (Å²) >= 11 is 0. The number of hydrogen-bond donors (Lipinski definition) is 2. The topological polar surface area (TPSA) is 58.2 Å². The quantitative estimate of drug-likeness (QED) is 0.834. The van der Waals surface area contributed by atoms with E-state index in [0.717, 1.165) is 18.2 Å². The van der Waals surface area contributed by atoms with Crippen molar-refractivity contribution in [2.45, 2.75) is 6.92 Å². The standard InChI is InChI=1S/C16H14F2N2O2/c1-10(21)11-2-5-13(6-3-11)19-9-16(22)20-15-8-12(17)4-7-14(15)18/h2-8,19H,9H2,1H3,(H,20,22).